The summed E-state index contributed by atoms with van der Waals surface area (Å²) in [5, 5.41) is 0. The first-order valence-electron chi connectivity index (χ1n) is 7.62. The van der Waals surface area contributed by atoms with Crippen LogP contribution >= 0.6 is 0 Å². The van der Waals surface area contributed by atoms with Gasteiger partial charge in [-0.1, -0.05) is 6.92 Å². The molecule has 3 rings (SSSR count). The van der Waals surface area contributed by atoms with E-state index in [4.69, 9.17) is 4.74 Å². The Morgan fingerprint density at radius 2 is 2.43 bits per heavy atom. The van der Waals surface area contributed by atoms with Gasteiger partial charge in [-0.3, -0.25) is 4.79 Å². The zero-order chi connectivity index (χ0) is 14.7. The van der Waals surface area contributed by atoms with Crippen LogP contribution in [0.2, 0.25) is 0 Å². The fourth-order valence-corrected chi connectivity index (χ4v) is 2.79. The van der Waals surface area contributed by atoms with Crippen molar-refractivity contribution in [3.05, 3.63) is 30.1 Å². The third kappa shape index (κ3) is 3.08. The predicted molar refractivity (Wildman–Crippen MR) is 81.3 cm³/mol. The SMILES string of the molecule is CCCOC1CCCN(C(=O)c2ccc3nc[nH]c3c2)C1. The van der Waals surface area contributed by atoms with Crippen LogP contribution in [0, 0.1) is 0 Å². The summed E-state index contributed by atoms with van der Waals surface area (Å²) in [4.78, 5) is 21.7. The van der Waals surface area contributed by atoms with Crippen LogP contribution in [0.1, 0.15) is 36.5 Å². The van der Waals surface area contributed by atoms with Crippen LogP contribution in [0.4, 0.5) is 0 Å². The number of hydrogen-bond acceptors (Lipinski definition) is 3. The lowest BCUT2D eigenvalue weighted by molar-refractivity contribution is 0.00212. The molecule has 1 aromatic carbocycles. The molecule has 1 saturated heterocycles. The van der Waals surface area contributed by atoms with Crippen LogP contribution in [0.25, 0.3) is 11.0 Å². The number of nitrogens with one attached hydrogen (secondary N) is 1. The highest BCUT2D eigenvalue weighted by Gasteiger charge is 2.25. The Morgan fingerprint density at radius 1 is 1.52 bits per heavy atom. The third-order valence-corrected chi connectivity index (χ3v) is 3.89. The van der Waals surface area contributed by atoms with Gasteiger partial charge in [0.1, 0.15) is 0 Å². The van der Waals surface area contributed by atoms with Gasteiger partial charge in [-0.2, -0.15) is 0 Å². The Hall–Kier alpha value is -1.88. The van der Waals surface area contributed by atoms with Gasteiger partial charge in [-0.05, 0) is 37.5 Å². The van der Waals surface area contributed by atoms with Crippen molar-refractivity contribution in [3.63, 3.8) is 0 Å². The number of benzene rings is 1. The monoisotopic (exact) mass is 287 g/mol. The van der Waals surface area contributed by atoms with E-state index in [0.717, 1.165) is 43.4 Å². The third-order valence-electron chi connectivity index (χ3n) is 3.89. The molecule has 1 amide bonds. The highest BCUT2D eigenvalue weighted by atomic mass is 16.5. The Bertz CT molecular complexity index is 623. The van der Waals surface area contributed by atoms with Gasteiger partial charge >= 0.3 is 0 Å². The Morgan fingerprint density at radius 3 is 3.29 bits per heavy atom. The normalized spacial score (nSPS) is 19.1. The number of amides is 1. The molecular formula is C16H21N3O2. The minimum absolute atomic E-state index is 0.0799. The second-order valence-electron chi connectivity index (χ2n) is 5.52. The molecule has 0 aliphatic carbocycles. The number of aromatic amines is 1. The zero-order valence-electron chi connectivity index (χ0n) is 12.3. The zero-order valence-corrected chi connectivity index (χ0v) is 12.3. The summed E-state index contributed by atoms with van der Waals surface area (Å²) in [6.45, 7) is 4.38. The molecule has 0 spiro atoms. The van der Waals surface area contributed by atoms with Crippen molar-refractivity contribution in [2.45, 2.75) is 32.3 Å². The number of carbonyl (C=O) groups excluding carboxylic acids is 1. The summed E-state index contributed by atoms with van der Waals surface area (Å²) in [7, 11) is 0. The second kappa shape index (κ2) is 6.26. The van der Waals surface area contributed by atoms with Crippen molar-refractivity contribution >= 4 is 16.9 Å². The quantitative estimate of drug-likeness (QED) is 0.940. The van der Waals surface area contributed by atoms with Gasteiger partial charge < -0.3 is 14.6 Å². The second-order valence-corrected chi connectivity index (χ2v) is 5.52. The van der Waals surface area contributed by atoms with E-state index in [9.17, 15) is 4.79 Å². The molecule has 5 nitrogen and oxygen atoms in total. The van der Waals surface area contributed by atoms with Gasteiger partial charge in [0.15, 0.2) is 0 Å². The standard InChI is InChI=1S/C16H21N3O2/c1-2-8-21-13-4-3-7-19(10-13)16(20)12-5-6-14-15(9-12)18-11-17-14/h5-6,9,11,13H,2-4,7-8,10H2,1H3,(H,17,18). The van der Waals surface area contributed by atoms with E-state index in [1.54, 1.807) is 6.33 Å². The van der Waals surface area contributed by atoms with E-state index in [1.807, 2.05) is 23.1 Å². The number of imidazole rings is 1. The van der Waals surface area contributed by atoms with Crippen molar-refractivity contribution in [3.8, 4) is 0 Å². The topological polar surface area (TPSA) is 58.2 Å². The van der Waals surface area contributed by atoms with Crippen molar-refractivity contribution in [1.82, 2.24) is 14.9 Å². The van der Waals surface area contributed by atoms with Crippen LogP contribution < -0.4 is 0 Å². The summed E-state index contributed by atoms with van der Waals surface area (Å²) in [6, 6.07) is 5.61. The lowest BCUT2D eigenvalue weighted by Gasteiger charge is -2.32. The minimum Gasteiger partial charge on any atom is -0.376 e. The molecule has 0 bridgehead atoms. The van der Waals surface area contributed by atoms with Gasteiger partial charge in [0, 0.05) is 25.3 Å². The molecule has 1 aromatic heterocycles. The Labute approximate surface area is 124 Å². The number of nitrogens with zero attached hydrogens (tertiary/aromatic N) is 2. The molecule has 1 unspecified atom stereocenters. The molecule has 2 heterocycles. The number of ether oxygens (including phenoxy) is 1. The van der Waals surface area contributed by atoms with E-state index in [2.05, 4.69) is 16.9 Å². The largest absolute Gasteiger partial charge is 0.376 e. The molecule has 1 aliphatic rings. The number of fused-ring (bicyclic) bond motifs is 1. The highest BCUT2D eigenvalue weighted by Crippen LogP contribution is 2.18. The molecule has 5 heteroatoms. The smallest absolute Gasteiger partial charge is 0.254 e. The average molecular weight is 287 g/mol. The summed E-state index contributed by atoms with van der Waals surface area (Å²) in [5.41, 5.74) is 2.49. The maximum atomic E-state index is 12.6. The van der Waals surface area contributed by atoms with Crippen LogP contribution in [0.15, 0.2) is 24.5 Å². The van der Waals surface area contributed by atoms with Crippen molar-refractivity contribution < 1.29 is 9.53 Å². The number of piperidine rings is 1. The van der Waals surface area contributed by atoms with E-state index >= 15 is 0 Å². The molecular weight excluding hydrogens is 266 g/mol. The molecule has 1 aliphatic heterocycles. The van der Waals surface area contributed by atoms with Crippen LogP contribution in [0.3, 0.4) is 0 Å². The number of hydrogen-bond donors (Lipinski definition) is 1. The minimum atomic E-state index is 0.0799. The molecule has 21 heavy (non-hydrogen) atoms. The summed E-state index contributed by atoms with van der Waals surface area (Å²) in [5.74, 6) is 0.0799. The van der Waals surface area contributed by atoms with Crippen LogP contribution in [-0.2, 0) is 4.74 Å². The van der Waals surface area contributed by atoms with Gasteiger partial charge in [-0.25, -0.2) is 4.98 Å². The fourth-order valence-electron chi connectivity index (χ4n) is 2.79. The van der Waals surface area contributed by atoms with E-state index in [1.165, 1.54) is 0 Å². The lowest BCUT2D eigenvalue weighted by Crippen LogP contribution is -2.43. The molecule has 1 atom stereocenters. The van der Waals surface area contributed by atoms with E-state index < -0.39 is 0 Å². The number of H-pyrrole nitrogens is 1. The predicted octanol–water partition coefficient (Wildman–Crippen LogP) is 2.59. The van der Waals surface area contributed by atoms with Gasteiger partial charge in [0.05, 0.1) is 23.5 Å². The van der Waals surface area contributed by atoms with Crippen LogP contribution in [-0.4, -0.2) is 46.6 Å². The molecule has 0 saturated carbocycles. The maximum absolute atomic E-state index is 12.6. The first-order chi connectivity index (χ1) is 10.3. The van der Waals surface area contributed by atoms with Crippen LogP contribution in [0.5, 0.6) is 0 Å². The number of likely N-dealkylation sites (tertiary alicyclic amines) is 1. The number of rotatable bonds is 4. The Balaban J connectivity index is 1.71. The van der Waals surface area contributed by atoms with E-state index in [-0.39, 0.29) is 12.0 Å². The fraction of sp³-hybridized carbons (Fsp3) is 0.500. The summed E-state index contributed by atoms with van der Waals surface area (Å²) in [6.07, 6.45) is 4.89. The lowest BCUT2D eigenvalue weighted by atomic mass is 10.1. The van der Waals surface area contributed by atoms with Gasteiger partial charge in [0.2, 0.25) is 0 Å². The number of aromatic nitrogens is 2. The van der Waals surface area contributed by atoms with Gasteiger partial charge in [0.25, 0.3) is 5.91 Å². The maximum Gasteiger partial charge on any atom is 0.254 e. The summed E-state index contributed by atoms with van der Waals surface area (Å²) < 4.78 is 5.80. The van der Waals surface area contributed by atoms with Gasteiger partial charge in [-0.15, -0.1) is 0 Å². The van der Waals surface area contributed by atoms with Crippen molar-refractivity contribution in [2.75, 3.05) is 19.7 Å². The number of carbonyl (C=O) groups is 1. The highest BCUT2D eigenvalue weighted by molar-refractivity contribution is 5.97. The van der Waals surface area contributed by atoms with Crippen molar-refractivity contribution in [1.29, 1.82) is 0 Å². The van der Waals surface area contributed by atoms with Crippen molar-refractivity contribution in [2.24, 2.45) is 0 Å². The average Bonchev–Trinajstić information content (AvgIpc) is 3.00. The molecule has 1 fully saturated rings. The molecule has 1 N–H and O–H groups in total. The molecule has 2 aromatic rings. The molecule has 0 radical (unpaired) electrons. The first kappa shape index (κ1) is 14.1. The first-order valence-corrected chi connectivity index (χ1v) is 7.62. The summed E-state index contributed by atoms with van der Waals surface area (Å²) >= 11 is 0. The van der Waals surface area contributed by atoms with E-state index in [0.29, 0.717) is 12.1 Å². The Kier molecular flexibility index (Phi) is 4.20. The molecule has 112 valence electrons.